The molecule has 220 valence electrons. The number of aliphatic hydroxyl groups excluding tert-OH is 1. The molecule has 0 aliphatic carbocycles. The minimum atomic E-state index is -1.45. The van der Waals surface area contributed by atoms with Crippen LogP contribution in [0.15, 0.2) is 0 Å². The average Bonchev–Trinajstić information content (AvgIpc) is 3.33. The Morgan fingerprint density at radius 2 is 1.24 bits per heavy atom. The summed E-state index contributed by atoms with van der Waals surface area (Å²) in [6, 6.07) is 0. The van der Waals surface area contributed by atoms with Gasteiger partial charge in [0.15, 0.2) is 5.69 Å². The van der Waals surface area contributed by atoms with Crippen molar-refractivity contribution in [2.75, 3.05) is 86.9 Å². The second-order valence-electron chi connectivity index (χ2n) is 8.48. The van der Waals surface area contributed by atoms with Crippen LogP contribution in [0.4, 0.5) is 0 Å². The molecule has 2 atom stereocenters. The number of aromatic carboxylic acids is 2. The van der Waals surface area contributed by atoms with E-state index in [-0.39, 0.29) is 25.0 Å². The molecular weight excluding hydrogens is 506 g/mol. The standard InChI is InChI=1S/C24H43N3O11/c1-33-10-12-37-16-14-35-8-5-19(20(18-28)6-9-36-15-17-38-13-11-34-2)4-3-7-27-22(24(31)32)21(23(29)30)25-26-27/h19-20,28H,3-18H2,1-2H3,(H,29,30)(H,31,32). The summed E-state index contributed by atoms with van der Waals surface area (Å²) in [5, 5.41) is 35.8. The lowest BCUT2D eigenvalue weighted by molar-refractivity contribution is 0.00938. The number of aliphatic hydroxyl groups is 1. The molecule has 0 bridgehead atoms. The van der Waals surface area contributed by atoms with Crippen LogP contribution >= 0.6 is 0 Å². The van der Waals surface area contributed by atoms with Crippen LogP contribution < -0.4 is 0 Å². The number of ether oxygens (including phenoxy) is 6. The Labute approximate surface area is 223 Å². The SMILES string of the molecule is COCCOCCOCCC(CO)C(CCCn1nnc(C(=O)O)c1C(=O)O)CCOCCOCCOC. The third-order valence-corrected chi connectivity index (χ3v) is 5.86. The summed E-state index contributed by atoms with van der Waals surface area (Å²) in [5.41, 5.74) is -1.04. The maximum absolute atomic E-state index is 11.5. The number of methoxy groups -OCH3 is 2. The minimum absolute atomic E-state index is 0.0364. The number of aromatic nitrogens is 3. The topological polar surface area (TPSA) is 181 Å². The molecule has 1 aromatic rings. The van der Waals surface area contributed by atoms with Gasteiger partial charge in [0.25, 0.3) is 0 Å². The van der Waals surface area contributed by atoms with Crippen molar-refractivity contribution in [1.82, 2.24) is 15.0 Å². The quantitative estimate of drug-likeness (QED) is 0.138. The zero-order valence-corrected chi connectivity index (χ0v) is 22.4. The maximum Gasteiger partial charge on any atom is 0.359 e. The van der Waals surface area contributed by atoms with Crippen molar-refractivity contribution in [3.63, 3.8) is 0 Å². The van der Waals surface area contributed by atoms with Crippen LogP contribution in [0.5, 0.6) is 0 Å². The summed E-state index contributed by atoms with van der Waals surface area (Å²) < 4.78 is 33.1. The smallest absolute Gasteiger partial charge is 0.359 e. The number of carboxylic acids is 2. The van der Waals surface area contributed by atoms with Gasteiger partial charge in [-0.15, -0.1) is 5.10 Å². The highest BCUT2D eigenvalue weighted by Gasteiger charge is 2.25. The summed E-state index contributed by atoms with van der Waals surface area (Å²) >= 11 is 0. The summed E-state index contributed by atoms with van der Waals surface area (Å²) in [5.74, 6) is -2.84. The molecule has 1 heterocycles. The third-order valence-electron chi connectivity index (χ3n) is 5.86. The Hall–Kier alpha value is -2.20. The molecule has 1 rings (SSSR count). The number of hydrogen-bond acceptors (Lipinski definition) is 11. The second kappa shape index (κ2) is 21.7. The highest BCUT2D eigenvalue weighted by atomic mass is 16.5. The van der Waals surface area contributed by atoms with Crippen LogP contribution in [-0.2, 0) is 35.0 Å². The zero-order valence-electron chi connectivity index (χ0n) is 22.4. The summed E-state index contributed by atoms with van der Waals surface area (Å²) in [4.78, 5) is 22.8. The summed E-state index contributed by atoms with van der Waals surface area (Å²) in [6.07, 6.45) is 2.46. The van der Waals surface area contributed by atoms with E-state index in [1.54, 1.807) is 14.2 Å². The Morgan fingerprint density at radius 1 is 0.737 bits per heavy atom. The summed E-state index contributed by atoms with van der Waals surface area (Å²) in [7, 11) is 3.22. The molecule has 0 amide bonds. The first-order chi connectivity index (χ1) is 18.5. The van der Waals surface area contributed by atoms with Crippen molar-refractivity contribution < 1.29 is 53.3 Å². The first-order valence-electron chi connectivity index (χ1n) is 12.8. The minimum Gasteiger partial charge on any atom is -0.476 e. The zero-order chi connectivity index (χ0) is 28.0. The molecule has 0 saturated carbocycles. The first-order valence-corrected chi connectivity index (χ1v) is 12.8. The van der Waals surface area contributed by atoms with Crippen LogP contribution in [0, 0.1) is 11.8 Å². The van der Waals surface area contributed by atoms with Crippen molar-refractivity contribution in [2.45, 2.75) is 32.2 Å². The molecule has 0 aliphatic rings. The molecule has 14 nitrogen and oxygen atoms in total. The van der Waals surface area contributed by atoms with E-state index in [1.165, 1.54) is 0 Å². The first kappa shape index (κ1) is 33.8. The van der Waals surface area contributed by atoms with E-state index >= 15 is 0 Å². The van der Waals surface area contributed by atoms with Crippen molar-refractivity contribution >= 4 is 11.9 Å². The normalized spacial score (nSPS) is 13.0. The van der Waals surface area contributed by atoms with Crippen LogP contribution in [-0.4, -0.2) is 129 Å². The lowest BCUT2D eigenvalue weighted by Gasteiger charge is -2.26. The van der Waals surface area contributed by atoms with Crippen LogP contribution in [0.2, 0.25) is 0 Å². The molecule has 38 heavy (non-hydrogen) atoms. The van der Waals surface area contributed by atoms with Gasteiger partial charge in [0.1, 0.15) is 0 Å². The molecule has 0 saturated heterocycles. The van der Waals surface area contributed by atoms with Crippen molar-refractivity contribution in [3.8, 4) is 0 Å². The highest BCUT2D eigenvalue weighted by Crippen LogP contribution is 2.25. The van der Waals surface area contributed by atoms with Gasteiger partial charge in [-0.3, -0.25) is 0 Å². The van der Waals surface area contributed by atoms with Gasteiger partial charge in [0, 0.05) is 40.6 Å². The maximum atomic E-state index is 11.5. The van der Waals surface area contributed by atoms with Gasteiger partial charge in [-0.2, -0.15) is 0 Å². The molecule has 0 spiro atoms. The molecular formula is C24H43N3O11. The summed E-state index contributed by atoms with van der Waals surface area (Å²) in [6.45, 7) is 4.89. The number of rotatable bonds is 26. The van der Waals surface area contributed by atoms with Crippen LogP contribution in [0.1, 0.15) is 46.7 Å². The molecule has 2 unspecified atom stereocenters. The third kappa shape index (κ3) is 14.1. The van der Waals surface area contributed by atoms with Gasteiger partial charge in [0.2, 0.25) is 5.69 Å². The second-order valence-corrected chi connectivity index (χ2v) is 8.48. The van der Waals surface area contributed by atoms with E-state index in [0.717, 1.165) is 4.68 Å². The number of carbonyl (C=O) groups is 2. The van der Waals surface area contributed by atoms with Gasteiger partial charge in [-0.25, -0.2) is 14.3 Å². The lowest BCUT2D eigenvalue weighted by atomic mass is 9.84. The average molecular weight is 550 g/mol. The van der Waals surface area contributed by atoms with Gasteiger partial charge in [-0.1, -0.05) is 5.21 Å². The Morgan fingerprint density at radius 3 is 1.71 bits per heavy atom. The van der Waals surface area contributed by atoms with Crippen LogP contribution in [0.3, 0.4) is 0 Å². The van der Waals surface area contributed by atoms with Gasteiger partial charge in [-0.05, 0) is 37.5 Å². The predicted octanol–water partition coefficient (Wildman–Crippen LogP) is 0.819. The number of nitrogens with zero attached hydrogens (tertiary/aromatic N) is 3. The lowest BCUT2D eigenvalue weighted by Crippen LogP contribution is -2.24. The molecule has 0 aromatic carbocycles. The number of carboxylic acid groups (broad SMARTS) is 2. The monoisotopic (exact) mass is 549 g/mol. The highest BCUT2D eigenvalue weighted by molar-refractivity contribution is 5.98. The molecule has 3 N–H and O–H groups in total. The van der Waals surface area contributed by atoms with Crippen molar-refractivity contribution in [1.29, 1.82) is 0 Å². The predicted molar refractivity (Wildman–Crippen MR) is 134 cm³/mol. The Kier molecular flexibility index (Phi) is 19.3. The largest absolute Gasteiger partial charge is 0.476 e. The van der Waals surface area contributed by atoms with Gasteiger partial charge < -0.3 is 43.7 Å². The Balaban J connectivity index is 2.60. The van der Waals surface area contributed by atoms with E-state index < -0.39 is 23.3 Å². The van der Waals surface area contributed by atoms with Crippen molar-refractivity contribution in [3.05, 3.63) is 11.4 Å². The fourth-order valence-corrected chi connectivity index (χ4v) is 3.82. The van der Waals surface area contributed by atoms with Crippen LogP contribution in [0.25, 0.3) is 0 Å². The Bertz CT molecular complexity index is 763. The van der Waals surface area contributed by atoms with Gasteiger partial charge >= 0.3 is 11.9 Å². The molecule has 0 radical (unpaired) electrons. The van der Waals surface area contributed by atoms with E-state index in [9.17, 15) is 19.8 Å². The number of aryl methyl sites for hydroxylation is 1. The van der Waals surface area contributed by atoms with E-state index in [0.29, 0.717) is 91.8 Å². The molecule has 0 fully saturated rings. The van der Waals surface area contributed by atoms with Gasteiger partial charge in [0.05, 0.1) is 52.9 Å². The molecule has 1 aromatic heterocycles. The number of hydrogen-bond donors (Lipinski definition) is 3. The van der Waals surface area contributed by atoms with E-state index in [2.05, 4.69) is 10.3 Å². The molecule has 0 aliphatic heterocycles. The fourth-order valence-electron chi connectivity index (χ4n) is 3.82. The van der Waals surface area contributed by atoms with E-state index in [4.69, 9.17) is 33.5 Å². The fraction of sp³-hybridized carbons (Fsp3) is 0.833. The van der Waals surface area contributed by atoms with Crippen molar-refractivity contribution in [2.24, 2.45) is 11.8 Å². The van der Waals surface area contributed by atoms with E-state index in [1.807, 2.05) is 0 Å². The molecule has 14 heteroatoms.